The minimum Gasteiger partial charge on any atom is -0.487 e. The van der Waals surface area contributed by atoms with Crippen LogP contribution < -0.4 is 10.1 Å². The second-order valence-electron chi connectivity index (χ2n) is 7.36. The second-order valence-corrected chi connectivity index (χ2v) is 7.36. The van der Waals surface area contributed by atoms with Gasteiger partial charge in [0.2, 0.25) is 5.91 Å². The third kappa shape index (κ3) is 3.52. The van der Waals surface area contributed by atoms with E-state index in [1.54, 1.807) is 29.4 Å². The first-order chi connectivity index (χ1) is 13.1. The highest BCUT2D eigenvalue weighted by Gasteiger charge is 2.43. The van der Waals surface area contributed by atoms with Crippen molar-refractivity contribution in [2.24, 2.45) is 0 Å². The van der Waals surface area contributed by atoms with Crippen molar-refractivity contribution in [2.45, 2.75) is 37.3 Å². The molecular formula is C21H23N3O3. The summed E-state index contributed by atoms with van der Waals surface area (Å²) < 4.78 is 6.41. The van der Waals surface area contributed by atoms with Crippen molar-refractivity contribution in [3.8, 4) is 5.75 Å². The summed E-state index contributed by atoms with van der Waals surface area (Å²) in [6.45, 7) is 0.657. The van der Waals surface area contributed by atoms with E-state index >= 15 is 0 Å². The summed E-state index contributed by atoms with van der Waals surface area (Å²) in [5.41, 5.74) is 1.07. The number of hydrogen-bond donors (Lipinski definition) is 1. The first kappa shape index (κ1) is 17.5. The Morgan fingerprint density at radius 2 is 2.11 bits per heavy atom. The molecule has 0 aliphatic carbocycles. The van der Waals surface area contributed by atoms with Crippen LogP contribution in [-0.4, -0.2) is 40.9 Å². The molecule has 2 aliphatic rings. The summed E-state index contributed by atoms with van der Waals surface area (Å²) in [6.07, 6.45) is 5.73. The van der Waals surface area contributed by atoms with Crippen molar-refractivity contribution < 1.29 is 14.3 Å². The zero-order valence-electron chi connectivity index (χ0n) is 15.4. The maximum atomic E-state index is 12.7. The lowest BCUT2D eigenvalue weighted by molar-refractivity contribution is -0.129. The molecule has 1 spiro atoms. The molecule has 1 aromatic carbocycles. The largest absolute Gasteiger partial charge is 0.487 e. The molecule has 27 heavy (non-hydrogen) atoms. The molecule has 6 heteroatoms. The van der Waals surface area contributed by atoms with Gasteiger partial charge in [-0.15, -0.1) is 0 Å². The lowest BCUT2D eigenvalue weighted by Crippen LogP contribution is -2.45. The van der Waals surface area contributed by atoms with Crippen LogP contribution in [0.5, 0.6) is 5.75 Å². The molecule has 0 saturated carbocycles. The summed E-state index contributed by atoms with van der Waals surface area (Å²) in [7, 11) is 1.83. The van der Waals surface area contributed by atoms with Crippen molar-refractivity contribution >= 4 is 11.8 Å². The quantitative estimate of drug-likeness (QED) is 0.888. The molecule has 6 nitrogen and oxygen atoms in total. The Kier molecular flexibility index (Phi) is 4.56. The van der Waals surface area contributed by atoms with Crippen molar-refractivity contribution in [1.82, 2.24) is 15.2 Å². The minimum absolute atomic E-state index is 0.144. The molecule has 1 aromatic heterocycles. The molecule has 0 bridgehead atoms. The van der Waals surface area contributed by atoms with Gasteiger partial charge >= 0.3 is 0 Å². The van der Waals surface area contributed by atoms with Gasteiger partial charge in [0.15, 0.2) is 0 Å². The molecule has 140 valence electrons. The van der Waals surface area contributed by atoms with Gasteiger partial charge in [-0.25, -0.2) is 0 Å². The number of nitrogens with zero attached hydrogens (tertiary/aromatic N) is 2. The van der Waals surface area contributed by atoms with E-state index in [2.05, 4.69) is 10.3 Å². The number of pyridine rings is 1. The van der Waals surface area contributed by atoms with Crippen molar-refractivity contribution in [2.75, 3.05) is 13.6 Å². The van der Waals surface area contributed by atoms with Crippen LogP contribution in [0.3, 0.4) is 0 Å². The van der Waals surface area contributed by atoms with E-state index in [1.165, 1.54) is 0 Å². The average Bonchev–Trinajstić information content (AvgIpc) is 2.83. The Bertz CT molecular complexity index is 855. The zero-order chi connectivity index (χ0) is 18.9. The Balaban J connectivity index is 1.62. The minimum atomic E-state index is -0.443. The number of likely N-dealkylation sites (tertiary alicyclic amines) is 1. The van der Waals surface area contributed by atoms with Gasteiger partial charge in [0, 0.05) is 50.8 Å². The van der Waals surface area contributed by atoms with Crippen LogP contribution in [-0.2, 0) is 4.79 Å². The van der Waals surface area contributed by atoms with Gasteiger partial charge in [-0.3, -0.25) is 14.6 Å². The van der Waals surface area contributed by atoms with E-state index in [9.17, 15) is 9.59 Å². The summed E-state index contributed by atoms with van der Waals surface area (Å²) in [6, 6.07) is 11.2. The first-order valence-corrected chi connectivity index (χ1v) is 9.29. The lowest BCUT2D eigenvalue weighted by Gasteiger charge is -2.42. The van der Waals surface area contributed by atoms with Crippen LogP contribution in [0.4, 0.5) is 0 Å². The fourth-order valence-corrected chi connectivity index (χ4v) is 3.94. The Hall–Kier alpha value is -2.89. The van der Waals surface area contributed by atoms with Gasteiger partial charge in [-0.2, -0.15) is 0 Å². The third-order valence-electron chi connectivity index (χ3n) is 5.55. The van der Waals surface area contributed by atoms with E-state index in [-0.39, 0.29) is 17.9 Å². The molecule has 2 aromatic rings. The molecular weight excluding hydrogens is 342 g/mol. The van der Waals surface area contributed by atoms with Crippen LogP contribution in [0.25, 0.3) is 0 Å². The molecule has 1 N–H and O–H groups in total. The number of para-hydroxylation sites is 1. The highest BCUT2D eigenvalue weighted by molar-refractivity contribution is 5.94. The van der Waals surface area contributed by atoms with Crippen LogP contribution in [0.15, 0.2) is 48.8 Å². The molecule has 1 fully saturated rings. The van der Waals surface area contributed by atoms with Gasteiger partial charge < -0.3 is 15.0 Å². The normalized spacial score (nSPS) is 24.7. The summed E-state index contributed by atoms with van der Waals surface area (Å²) in [4.78, 5) is 30.6. The number of aromatic nitrogens is 1. The first-order valence-electron chi connectivity index (χ1n) is 9.29. The fraction of sp³-hybridized carbons (Fsp3) is 0.381. The van der Waals surface area contributed by atoms with E-state index in [0.717, 1.165) is 17.7 Å². The zero-order valence-corrected chi connectivity index (χ0v) is 15.4. The molecule has 2 atom stereocenters. The van der Waals surface area contributed by atoms with Crippen molar-refractivity contribution in [3.05, 3.63) is 59.9 Å². The number of benzene rings is 1. The van der Waals surface area contributed by atoms with Gasteiger partial charge in [-0.05, 0) is 24.6 Å². The summed E-state index contributed by atoms with van der Waals surface area (Å²) >= 11 is 0. The van der Waals surface area contributed by atoms with Crippen LogP contribution >= 0.6 is 0 Å². The number of ether oxygens (including phenoxy) is 1. The predicted octanol–water partition coefficient (Wildman–Crippen LogP) is 2.72. The lowest BCUT2D eigenvalue weighted by atomic mass is 9.82. The van der Waals surface area contributed by atoms with Crippen LogP contribution in [0, 0.1) is 0 Å². The molecule has 4 rings (SSSR count). The Morgan fingerprint density at radius 1 is 1.26 bits per heavy atom. The van der Waals surface area contributed by atoms with Crippen molar-refractivity contribution in [3.63, 3.8) is 0 Å². The average molecular weight is 365 g/mol. The van der Waals surface area contributed by atoms with Gasteiger partial charge in [-0.1, -0.05) is 18.2 Å². The monoisotopic (exact) mass is 365 g/mol. The molecule has 3 heterocycles. The standard InChI is InChI=1S/C21H23N3O3/c1-24-12-10-21(9-8-19(24)25)13-17(16-6-2-3-7-18(16)27-21)23-20(26)15-5-4-11-22-14-15/h2-7,11,14,17H,8-10,12-13H2,1H3,(H,23,26)/t17-,21-/m1/s1. The molecule has 2 amide bonds. The maximum Gasteiger partial charge on any atom is 0.253 e. The fourth-order valence-electron chi connectivity index (χ4n) is 3.94. The maximum absolute atomic E-state index is 12.7. The van der Waals surface area contributed by atoms with Gasteiger partial charge in [0.25, 0.3) is 5.91 Å². The number of rotatable bonds is 2. The Labute approximate surface area is 158 Å². The Morgan fingerprint density at radius 3 is 2.93 bits per heavy atom. The van der Waals surface area contributed by atoms with Crippen LogP contribution in [0.2, 0.25) is 0 Å². The van der Waals surface area contributed by atoms with E-state index in [0.29, 0.717) is 31.4 Å². The molecule has 2 aliphatic heterocycles. The SMILES string of the molecule is CN1CC[C@]2(CCC1=O)C[C@@H](NC(=O)c1cccnc1)c1ccccc1O2. The third-order valence-corrected chi connectivity index (χ3v) is 5.55. The predicted molar refractivity (Wildman–Crippen MR) is 100 cm³/mol. The molecule has 0 radical (unpaired) electrons. The summed E-state index contributed by atoms with van der Waals surface area (Å²) in [5.74, 6) is 0.782. The number of carbonyl (C=O) groups excluding carboxylic acids is 2. The van der Waals surface area contributed by atoms with E-state index in [1.807, 2.05) is 31.3 Å². The smallest absolute Gasteiger partial charge is 0.253 e. The molecule has 1 saturated heterocycles. The van der Waals surface area contributed by atoms with E-state index in [4.69, 9.17) is 4.74 Å². The van der Waals surface area contributed by atoms with E-state index < -0.39 is 5.60 Å². The second kappa shape index (κ2) is 7.02. The number of fused-ring (bicyclic) bond motifs is 1. The molecule has 0 unspecified atom stereocenters. The van der Waals surface area contributed by atoms with Gasteiger partial charge in [0.05, 0.1) is 11.6 Å². The van der Waals surface area contributed by atoms with Gasteiger partial charge in [0.1, 0.15) is 11.4 Å². The number of carbonyl (C=O) groups is 2. The van der Waals surface area contributed by atoms with Crippen LogP contribution in [0.1, 0.15) is 47.6 Å². The highest BCUT2D eigenvalue weighted by atomic mass is 16.5. The topological polar surface area (TPSA) is 71.5 Å². The highest BCUT2D eigenvalue weighted by Crippen LogP contribution is 2.44. The van der Waals surface area contributed by atoms with Crippen molar-refractivity contribution in [1.29, 1.82) is 0 Å². The summed E-state index contributed by atoms with van der Waals surface area (Å²) in [5, 5.41) is 3.15. The number of nitrogens with one attached hydrogen (secondary N) is 1. The number of hydrogen-bond acceptors (Lipinski definition) is 4. The number of amides is 2.